The molecule has 2 amide bonds. The number of Topliss-reactive ketones (excluding diaryl/α,β-unsaturated/α-hetero) is 1. The molecule has 0 bridgehead atoms. The number of ketones is 1. The number of nitrogen functional groups attached to an aromatic ring is 1. The summed E-state index contributed by atoms with van der Waals surface area (Å²) in [7, 11) is 0. The summed E-state index contributed by atoms with van der Waals surface area (Å²) >= 11 is 1.49. The highest BCUT2D eigenvalue weighted by Crippen LogP contribution is 2.20. The van der Waals surface area contributed by atoms with E-state index in [1.54, 1.807) is 12.3 Å². The molecule has 0 aromatic carbocycles. The van der Waals surface area contributed by atoms with Gasteiger partial charge < -0.3 is 20.7 Å². The molecule has 0 unspecified atom stereocenters. The topological polar surface area (TPSA) is 101 Å². The Kier molecular flexibility index (Phi) is 8.30. The Balaban J connectivity index is 1.37. The van der Waals surface area contributed by atoms with Crippen LogP contribution in [-0.4, -0.2) is 72.0 Å². The average molecular weight is 472 g/mol. The molecule has 2 fully saturated rings. The number of carbonyl (C=O) groups is 2. The molecule has 2 aliphatic rings. The van der Waals surface area contributed by atoms with E-state index in [9.17, 15) is 9.59 Å². The first-order valence-electron chi connectivity index (χ1n) is 11.7. The third kappa shape index (κ3) is 6.75. The molecular formula is C24H33N5O3S. The Morgan fingerprint density at radius 1 is 1.21 bits per heavy atom. The molecule has 3 N–H and O–H groups in total. The highest BCUT2D eigenvalue weighted by molar-refractivity contribution is 7.08. The Morgan fingerprint density at radius 3 is 2.67 bits per heavy atom. The molecule has 0 atom stereocenters. The fraction of sp³-hybridized carbons (Fsp3) is 0.542. The first-order chi connectivity index (χ1) is 16.1. The molecule has 33 heavy (non-hydrogen) atoms. The van der Waals surface area contributed by atoms with Crippen LogP contribution in [0.5, 0.6) is 0 Å². The van der Waals surface area contributed by atoms with Crippen molar-refractivity contribution in [3.8, 4) is 0 Å². The molecular weight excluding hydrogens is 438 g/mol. The van der Waals surface area contributed by atoms with Gasteiger partial charge in [0.2, 0.25) is 0 Å². The van der Waals surface area contributed by atoms with Crippen molar-refractivity contribution in [1.82, 2.24) is 20.1 Å². The lowest BCUT2D eigenvalue weighted by molar-refractivity contribution is 0.0346. The van der Waals surface area contributed by atoms with E-state index in [1.165, 1.54) is 24.2 Å². The van der Waals surface area contributed by atoms with Gasteiger partial charge in [0.1, 0.15) is 5.69 Å². The molecule has 8 nitrogen and oxygen atoms in total. The van der Waals surface area contributed by atoms with E-state index < -0.39 is 0 Å². The number of carbonyl (C=O) groups excluding carboxylic acids is 2. The zero-order valence-corrected chi connectivity index (χ0v) is 19.8. The maximum atomic E-state index is 13.0. The van der Waals surface area contributed by atoms with Crippen LogP contribution in [0.25, 0.3) is 0 Å². The first-order valence-corrected chi connectivity index (χ1v) is 12.7. The number of nitrogens with zero attached hydrogens (tertiary/aromatic N) is 3. The Labute approximate surface area is 199 Å². The van der Waals surface area contributed by atoms with E-state index in [2.05, 4.69) is 15.2 Å². The molecule has 3 heterocycles. The predicted molar refractivity (Wildman–Crippen MR) is 129 cm³/mol. The van der Waals surface area contributed by atoms with Crippen LogP contribution in [0.15, 0.2) is 29.1 Å². The zero-order valence-electron chi connectivity index (χ0n) is 19.0. The van der Waals surface area contributed by atoms with Crippen LogP contribution < -0.4 is 11.1 Å². The van der Waals surface area contributed by atoms with E-state index in [-0.39, 0.29) is 24.3 Å². The minimum atomic E-state index is -0.0604. The number of aromatic nitrogens is 1. The van der Waals surface area contributed by atoms with Gasteiger partial charge in [-0.25, -0.2) is 4.79 Å². The van der Waals surface area contributed by atoms with Gasteiger partial charge in [-0.05, 0) is 35.4 Å². The van der Waals surface area contributed by atoms with Gasteiger partial charge in [0.15, 0.2) is 5.78 Å². The van der Waals surface area contributed by atoms with Crippen molar-refractivity contribution in [3.63, 3.8) is 0 Å². The van der Waals surface area contributed by atoms with E-state index in [4.69, 9.17) is 10.5 Å². The van der Waals surface area contributed by atoms with Crippen LogP contribution in [0.3, 0.4) is 0 Å². The number of hydrogen-bond acceptors (Lipinski definition) is 7. The molecule has 9 heteroatoms. The second-order valence-electron chi connectivity index (χ2n) is 8.81. The number of nitrogens with two attached hydrogens (primary N) is 1. The highest BCUT2D eigenvalue weighted by Gasteiger charge is 2.22. The fourth-order valence-electron chi connectivity index (χ4n) is 4.32. The van der Waals surface area contributed by atoms with E-state index in [1.807, 2.05) is 21.7 Å². The molecule has 1 aliphatic heterocycles. The first kappa shape index (κ1) is 23.7. The molecule has 2 aromatic rings. The lowest BCUT2D eigenvalue weighted by atomic mass is 10.1. The number of nitrogens with one attached hydrogen (secondary N) is 1. The highest BCUT2D eigenvalue weighted by atomic mass is 32.1. The van der Waals surface area contributed by atoms with Crippen LogP contribution in [0.4, 0.5) is 10.5 Å². The number of pyridine rings is 1. The number of anilines is 1. The summed E-state index contributed by atoms with van der Waals surface area (Å²) in [5.41, 5.74) is 8.71. The molecule has 1 saturated heterocycles. The SMILES string of the molecule is Nc1cscc1CC(=O)c1ccc(CN(CCN2CCOCC2)C(=O)NC2CCCC2)cn1. The summed E-state index contributed by atoms with van der Waals surface area (Å²) in [6, 6.07) is 3.88. The van der Waals surface area contributed by atoms with Crippen molar-refractivity contribution in [2.45, 2.75) is 44.7 Å². The van der Waals surface area contributed by atoms with Gasteiger partial charge in [-0.1, -0.05) is 18.9 Å². The predicted octanol–water partition coefficient (Wildman–Crippen LogP) is 2.94. The summed E-state index contributed by atoms with van der Waals surface area (Å²) in [6.45, 7) is 5.18. The van der Waals surface area contributed by atoms with Crippen LogP contribution in [-0.2, 0) is 17.7 Å². The van der Waals surface area contributed by atoms with Crippen molar-refractivity contribution in [2.24, 2.45) is 0 Å². The normalized spacial score (nSPS) is 17.2. The number of urea groups is 1. The molecule has 0 spiro atoms. The monoisotopic (exact) mass is 471 g/mol. The minimum absolute atomic E-state index is 0.0248. The number of morpholine rings is 1. The summed E-state index contributed by atoms with van der Waals surface area (Å²) in [5.74, 6) is -0.0604. The standard InChI is InChI=1S/C24H33N5O3S/c25-21-17-33-16-19(21)13-23(30)22-6-5-18(14-26-22)15-29(8-7-28-9-11-32-12-10-28)24(31)27-20-3-1-2-4-20/h5-6,14,16-17,20H,1-4,7-13,15,25H2,(H,27,31). The quantitative estimate of drug-likeness (QED) is 0.546. The summed E-state index contributed by atoms with van der Waals surface area (Å²) in [5, 5.41) is 6.94. The molecule has 1 saturated carbocycles. The van der Waals surface area contributed by atoms with Gasteiger partial charge in [0.25, 0.3) is 0 Å². The lowest BCUT2D eigenvalue weighted by Gasteiger charge is -2.31. The van der Waals surface area contributed by atoms with Gasteiger partial charge in [-0.3, -0.25) is 14.7 Å². The van der Waals surface area contributed by atoms with Crippen LogP contribution >= 0.6 is 11.3 Å². The van der Waals surface area contributed by atoms with Gasteiger partial charge in [0.05, 0.1) is 13.2 Å². The number of thiophene rings is 1. The van der Waals surface area contributed by atoms with Gasteiger partial charge in [-0.15, -0.1) is 11.3 Å². The largest absolute Gasteiger partial charge is 0.398 e. The van der Waals surface area contributed by atoms with Gasteiger partial charge >= 0.3 is 6.03 Å². The van der Waals surface area contributed by atoms with E-state index >= 15 is 0 Å². The smallest absolute Gasteiger partial charge is 0.317 e. The minimum Gasteiger partial charge on any atom is -0.398 e. The van der Waals surface area contributed by atoms with Gasteiger partial charge in [-0.2, -0.15) is 0 Å². The maximum Gasteiger partial charge on any atom is 0.317 e. The van der Waals surface area contributed by atoms with Crippen molar-refractivity contribution < 1.29 is 14.3 Å². The second kappa shape index (κ2) is 11.6. The van der Waals surface area contributed by atoms with Gasteiger partial charge in [0, 0.05) is 62.5 Å². The lowest BCUT2D eigenvalue weighted by Crippen LogP contribution is -2.47. The van der Waals surface area contributed by atoms with Crippen LogP contribution in [0.2, 0.25) is 0 Å². The van der Waals surface area contributed by atoms with Crippen molar-refractivity contribution in [2.75, 3.05) is 45.1 Å². The van der Waals surface area contributed by atoms with Crippen LogP contribution in [0.1, 0.15) is 47.3 Å². The number of ether oxygens (including phenoxy) is 1. The van der Waals surface area contributed by atoms with Crippen molar-refractivity contribution in [3.05, 3.63) is 45.9 Å². The average Bonchev–Trinajstić information content (AvgIpc) is 3.49. The fourth-order valence-corrected chi connectivity index (χ4v) is 5.07. The Bertz CT molecular complexity index is 920. The second-order valence-corrected chi connectivity index (χ2v) is 9.55. The zero-order chi connectivity index (χ0) is 23.0. The third-order valence-corrected chi connectivity index (χ3v) is 7.18. The third-order valence-electron chi connectivity index (χ3n) is 6.37. The Morgan fingerprint density at radius 2 is 2.00 bits per heavy atom. The van der Waals surface area contributed by atoms with Crippen LogP contribution in [0, 0.1) is 0 Å². The molecule has 2 aromatic heterocycles. The maximum absolute atomic E-state index is 13.0. The Hall–Kier alpha value is -2.49. The number of amides is 2. The van der Waals surface area contributed by atoms with E-state index in [0.29, 0.717) is 24.5 Å². The molecule has 178 valence electrons. The number of hydrogen-bond donors (Lipinski definition) is 2. The summed E-state index contributed by atoms with van der Waals surface area (Å²) < 4.78 is 5.43. The summed E-state index contributed by atoms with van der Waals surface area (Å²) in [6.07, 6.45) is 6.41. The van der Waals surface area contributed by atoms with E-state index in [0.717, 1.165) is 56.8 Å². The molecule has 0 radical (unpaired) electrons. The molecule has 1 aliphatic carbocycles. The van der Waals surface area contributed by atoms with Crippen molar-refractivity contribution >= 4 is 28.8 Å². The summed E-state index contributed by atoms with van der Waals surface area (Å²) in [4.78, 5) is 34.2. The molecule has 4 rings (SSSR count). The number of rotatable bonds is 9. The van der Waals surface area contributed by atoms with Crippen molar-refractivity contribution in [1.29, 1.82) is 0 Å².